The van der Waals surface area contributed by atoms with E-state index in [9.17, 15) is 8.42 Å². The third kappa shape index (κ3) is 3.15. The van der Waals surface area contributed by atoms with E-state index in [4.69, 9.17) is 0 Å². The van der Waals surface area contributed by atoms with Gasteiger partial charge in [-0.15, -0.1) is 0 Å². The fourth-order valence-electron chi connectivity index (χ4n) is 2.92. The van der Waals surface area contributed by atoms with Gasteiger partial charge in [-0.05, 0) is 36.5 Å². The van der Waals surface area contributed by atoms with Gasteiger partial charge in [-0.2, -0.15) is 4.31 Å². The van der Waals surface area contributed by atoms with Gasteiger partial charge in [0.2, 0.25) is 10.0 Å². The van der Waals surface area contributed by atoms with E-state index in [1.165, 1.54) is 18.4 Å². The molecule has 2 fully saturated rings. The van der Waals surface area contributed by atoms with Crippen LogP contribution in [0, 0.1) is 0 Å². The van der Waals surface area contributed by atoms with Crippen molar-refractivity contribution in [3.8, 4) is 0 Å². The molecule has 4 nitrogen and oxygen atoms in total. The Morgan fingerprint density at radius 3 is 2.05 bits per heavy atom. The standard InChI is InChI=1S/C16H24N2O2S/c1-13(2)14-3-7-16(8-4-14)21(19,20)18-11-9-17(10-12-18)15-5-6-15/h3-4,7-8,13,15H,5-6,9-12H2,1-2H3. The van der Waals surface area contributed by atoms with Crippen LogP contribution in [0.25, 0.3) is 0 Å². The minimum atomic E-state index is -3.33. The molecule has 21 heavy (non-hydrogen) atoms. The van der Waals surface area contributed by atoms with Crippen molar-refractivity contribution in [3.63, 3.8) is 0 Å². The molecule has 1 saturated carbocycles. The molecule has 116 valence electrons. The second kappa shape index (κ2) is 5.71. The molecule has 0 amide bonds. The maximum Gasteiger partial charge on any atom is 0.243 e. The van der Waals surface area contributed by atoms with Crippen LogP contribution in [0.1, 0.15) is 38.2 Å². The molecule has 1 saturated heterocycles. The summed E-state index contributed by atoms with van der Waals surface area (Å²) in [7, 11) is -3.33. The third-order valence-electron chi connectivity index (χ3n) is 4.52. The summed E-state index contributed by atoms with van der Waals surface area (Å²) in [6, 6.07) is 8.08. The summed E-state index contributed by atoms with van der Waals surface area (Å²) in [6.07, 6.45) is 2.56. The lowest BCUT2D eigenvalue weighted by molar-refractivity contribution is 0.180. The Morgan fingerprint density at radius 1 is 1.00 bits per heavy atom. The zero-order valence-electron chi connectivity index (χ0n) is 12.8. The first-order chi connectivity index (χ1) is 9.98. The smallest absolute Gasteiger partial charge is 0.243 e. The van der Waals surface area contributed by atoms with Crippen molar-refractivity contribution in [2.75, 3.05) is 26.2 Å². The number of benzene rings is 1. The van der Waals surface area contributed by atoms with Gasteiger partial charge in [0.1, 0.15) is 0 Å². The van der Waals surface area contributed by atoms with Crippen molar-refractivity contribution < 1.29 is 8.42 Å². The van der Waals surface area contributed by atoms with Gasteiger partial charge in [-0.25, -0.2) is 8.42 Å². The molecule has 5 heteroatoms. The van der Waals surface area contributed by atoms with Gasteiger partial charge in [0.05, 0.1) is 4.90 Å². The van der Waals surface area contributed by atoms with E-state index in [-0.39, 0.29) is 0 Å². The average molecular weight is 308 g/mol. The Morgan fingerprint density at radius 2 is 1.57 bits per heavy atom. The van der Waals surface area contributed by atoms with E-state index in [0.717, 1.165) is 19.1 Å². The molecule has 1 aliphatic heterocycles. The Kier molecular flexibility index (Phi) is 4.08. The first kappa shape index (κ1) is 15.0. The van der Waals surface area contributed by atoms with Gasteiger partial charge >= 0.3 is 0 Å². The number of hydrogen-bond donors (Lipinski definition) is 0. The number of sulfonamides is 1. The first-order valence-electron chi connectivity index (χ1n) is 7.82. The molecule has 2 aliphatic rings. The number of hydrogen-bond acceptors (Lipinski definition) is 3. The van der Waals surface area contributed by atoms with Gasteiger partial charge in [-0.3, -0.25) is 4.90 Å². The van der Waals surface area contributed by atoms with Crippen molar-refractivity contribution in [2.45, 2.75) is 43.5 Å². The van der Waals surface area contributed by atoms with Crippen molar-refractivity contribution in [2.24, 2.45) is 0 Å². The van der Waals surface area contributed by atoms with Crippen molar-refractivity contribution in [1.82, 2.24) is 9.21 Å². The van der Waals surface area contributed by atoms with Crippen LogP contribution in [0.2, 0.25) is 0 Å². The topological polar surface area (TPSA) is 40.6 Å². The SMILES string of the molecule is CC(C)c1ccc(S(=O)(=O)N2CCN(C3CC3)CC2)cc1. The van der Waals surface area contributed by atoms with E-state index in [2.05, 4.69) is 18.7 Å². The van der Waals surface area contributed by atoms with Gasteiger partial charge in [0, 0.05) is 32.2 Å². The molecule has 0 spiro atoms. The van der Waals surface area contributed by atoms with E-state index in [1.807, 2.05) is 12.1 Å². The van der Waals surface area contributed by atoms with Crippen LogP contribution in [-0.2, 0) is 10.0 Å². The molecule has 0 aromatic heterocycles. The second-order valence-electron chi connectivity index (χ2n) is 6.39. The molecule has 0 bridgehead atoms. The number of nitrogens with zero attached hydrogens (tertiary/aromatic N) is 2. The average Bonchev–Trinajstić information content (AvgIpc) is 3.32. The Hall–Kier alpha value is -0.910. The fourth-order valence-corrected chi connectivity index (χ4v) is 4.34. The van der Waals surface area contributed by atoms with Gasteiger partial charge in [-0.1, -0.05) is 26.0 Å². The summed E-state index contributed by atoms with van der Waals surface area (Å²) in [4.78, 5) is 2.85. The van der Waals surface area contributed by atoms with Crippen LogP contribution in [0.5, 0.6) is 0 Å². The zero-order valence-corrected chi connectivity index (χ0v) is 13.6. The minimum Gasteiger partial charge on any atom is -0.298 e. The maximum atomic E-state index is 12.7. The van der Waals surface area contributed by atoms with Gasteiger partial charge in [0.25, 0.3) is 0 Å². The maximum absolute atomic E-state index is 12.7. The Bertz CT molecular complexity index is 583. The number of piperazine rings is 1. The molecule has 1 heterocycles. The molecule has 0 N–H and O–H groups in total. The van der Waals surface area contributed by atoms with Crippen LogP contribution >= 0.6 is 0 Å². The molecule has 0 radical (unpaired) electrons. The largest absolute Gasteiger partial charge is 0.298 e. The summed E-state index contributed by atoms with van der Waals surface area (Å²) in [5, 5.41) is 0. The predicted molar refractivity (Wildman–Crippen MR) is 83.9 cm³/mol. The lowest BCUT2D eigenvalue weighted by Gasteiger charge is -2.34. The fraction of sp³-hybridized carbons (Fsp3) is 0.625. The highest BCUT2D eigenvalue weighted by atomic mass is 32.2. The second-order valence-corrected chi connectivity index (χ2v) is 8.33. The Balaban J connectivity index is 1.71. The Labute approximate surface area is 127 Å². The molecular weight excluding hydrogens is 284 g/mol. The summed E-state index contributed by atoms with van der Waals surface area (Å²) in [5.41, 5.74) is 1.17. The predicted octanol–water partition coefficient (Wildman–Crippen LogP) is 2.28. The minimum absolute atomic E-state index is 0.420. The number of rotatable bonds is 4. The first-order valence-corrected chi connectivity index (χ1v) is 9.26. The molecule has 1 aromatic carbocycles. The van der Waals surface area contributed by atoms with Gasteiger partial charge in [0.15, 0.2) is 0 Å². The molecule has 0 unspecified atom stereocenters. The summed E-state index contributed by atoms with van der Waals surface area (Å²) in [6.45, 7) is 7.19. The summed E-state index contributed by atoms with van der Waals surface area (Å²) < 4.78 is 27.0. The van der Waals surface area contributed by atoms with Crippen molar-refractivity contribution in [1.29, 1.82) is 0 Å². The third-order valence-corrected chi connectivity index (χ3v) is 6.43. The van der Waals surface area contributed by atoms with E-state index in [1.54, 1.807) is 16.4 Å². The highest BCUT2D eigenvalue weighted by Crippen LogP contribution is 2.28. The highest BCUT2D eigenvalue weighted by molar-refractivity contribution is 7.89. The summed E-state index contributed by atoms with van der Waals surface area (Å²) in [5.74, 6) is 0.420. The van der Waals surface area contributed by atoms with Crippen LogP contribution in [0.3, 0.4) is 0 Å². The van der Waals surface area contributed by atoms with E-state index >= 15 is 0 Å². The molecule has 1 aliphatic carbocycles. The van der Waals surface area contributed by atoms with Crippen molar-refractivity contribution >= 4 is 10.0 Å². The summed E-state index contributed by atoms with van der Waals surface area (Å²) >= 11 is 0. The normalized spacial score (nSPS) is 21.9. The lowest BCUT2D eigenvalue weighted by atomic mass is 10.0. The van der Waals surface area contributed by atoms with Crippen LogP contribution in [-0.4, -0.2) is 49.8 Å². The van der Waals surface area contributed by atoms with E-state index in [0.29, 0.717) is 23.9 Å². The van der Waals surface area contributed by atoms with Crippen LogP contribution in [0.4, 0.5) is 0 Å². The van der Waals surface area contributed by atoms with Crippen molar-refractivity contribution in [3.05, 3.63) is 29.8 Å². The highest BCUT2D eigenvalue weighted by Gasteiger charge is 2.34. The lowest BCUT2D eigenvalue weighted by Crippen LogP contribution is -2.49. The molecule has 1 aromatic rings. The van der Waals surface area contributed by atoms with Crippen LogP contribution in [0.15, 0.2) is 29.2 Å². The zero-order chi connectivity index (χ0) is 15.0. The van der Waals surface area contributed by atoms with E-state index < -0.39 is 10.0 Å². The molecular formula is C16H24N2O2S. The monoisotopic (exact) mass is 308 g/mol. The van der Waals surface area contributed by atoms with Crippen LogP contribution < -0.4 is 0 Å². The molecule has 3 rings (SSSR count). The van der Waals surface area contributed by atoms with Gasteiger partial charge < -0.3 is 0 Å². The molecule has 0 atom stereocenters. The quantitative estimate of drug-likeness (QED) is 0.857.